The van der Waals surface area contributed by atoms with Gasteiger partial charge < -0.3 is 14.2 Å². The highest BCUT2D eigenvalue weighted by Crippen LogP contribution is 2.32. The number of carbonyl (C=O) groups excluding carboxylic acids is 1. The average Bonchev–Trinajstić information content (AvgIpc) is 3.03. The summed E-state index contributed by atoms with van der Waals surface area (Å²) in [5.41, 5.74) is 4.10. The Morgan fingerprint density at radius 2 is 2.08 bits per heavy atom. The number of thiazole rings is 1. The van der Waals surface area contributed by atoms with Crippen molar-refractivity contribution in [1.29, 1.82) is 0 Å². The topological polar surface area (TPSA) is 82.0 Å². The molecule has 7 nitrogen and oxygen atoms in total. The number of hydrogen-bond donors (Lipinski definition) is 1. The molecule has 0 saturated heterocycles. The summed E-state index contributed by atoms with van der Waals surface area (Å²) in [6, 6.07) is 3.38. The van der Waals surface area contributed by atoms with Gasteiger partial charge in [-0.1, -0.05) is 11.6 Å². The van der Waals surface area contributed by atoms with Crippen molar-refractivity contribution >= 4 is 40.3 Å². The molecule has 0 aliphatic rings. The summed E-state index contributed by atoms with van der Waals surface area (Å²) >= 11 is 7.53. The average molecular weight is 384 g/mol. The van der Waals surface area contributed by atoms with Gasteiger partial charge in [-0.2, -0.15) is 5.10 Å². The second-order valence-corrected chi connectivity index (χ2v) is 5.99. The first-order valence-electron chi connectivity index (χ1n) is 7.38. The molecule has 1 heterocycles. The van der Waals surface area contributed by atoms with Gasteiger partial charge >= 0.3 is 5.97 Å². The van der Waals surface area contributed by atoms with Crippen LogP contribution in [0.5, 0.6) is 11.5 Å². The van der Waals surface area contributed by atoms with E-state index in [1.54, 1.807) is 44.9 Å². The smallest absolute Gasteiger partial charge is 0.311 e. The van der Waals surface area contributed by atoms with Gasteiger partial charge in [-0.3, -0.25) is 10.2 Å². The Morgan fingerprint density at radius 1 is 1.36 bits per heavy atom. The summed E-state index contributed by atoms with van der Waals surface area (Å²) in [4.78, 5) is 15.7. The minimum atomic E-state index is -0.306. The van der Waals surface area contributed by atoms with Crippen LogP contribution < -0.4 is 14.9 Å². The zero-order valence-corrected chi connectivity index (χ0v) is 15.6. The van der Waals surface area contributed by atoms with Gasteiger partial charge in [0.1, 0.15) is 0 Å². The quantitative estimate of drug-likeness (QED) is 0.427. The lowest BCUT2D eigenvalue weighted by atomic mass is 10.2. The van der Waals surface area contributed by atoms with Crippen LogP contribution in [0.3, 0.4) is 0 Å². The van der Waals surface area contributed by atoms with Crippen molar-refractivity contribution in [1.82, 2.24) is 4.98 Å². The molecular weight excluding hydrogens is 366 g/mol. The summed E-state index contributed by atoms with van der Waals surface area (Å²) in [5, 5.41) is 6.92. The molecule has 0 amide bonds. The van der Waals surface area contributed by atoms with Crippen LogP contribution in [-0.2, 0) is 16.0 Å². The number of nitrogens with zero attached hydrogens (tertiary/aromatic N) is 2. The van der Waals surface area contributed by atoms with Crippen LogP contribution in [0.1, 0.15) is 18.2 Å². The fourth-order valence-electron chi connectivity index (χ4n) is 1.93. The maximum absolute atomic E-state index is 11.4. The van der Waals surface area contributed by atoms with Crippen LogP contribution in [0.15, 0.2) is 22.6 Å². The largest absolute Gasteiger partial charge is 0.493 e. The Hall–Kier alpha value is -2.32. The number of aromatic nitrogens is 1. The molecule has 9 heteroatoms. The lowest BCUT2D eigenvalue weighted by Crippen LogP contribution is -2.07. The third-order valence-corrected chi connectivity index (χ3v) is 4.17. The van der Waals surface area contributed by atoms with E-state index in [4.69, 9.17) is 25.8 Å². The van der Waals surface area contributed by atoms with E-state index in [0.29, 0.717) is 39.5 Å². The Labute approximate surface area is 154 Å². The highest BCUT2D eigenvalue weighted by molar-refractivity contribution is 7.13. The van der Waals surface area contributed by atoms with Crippen molar-refractivity contribution < 1.29 is 19.0 Å². The van der Waals surface area contributed by atoms with Gasteiger partial charge in [-0.05, 0) is 13.0 Å². The third-order valence-electron chi connectivity index (χ3n) is 3.05. The molecule has 2 rings (SSSR count). The number of ether oxygens (including phenoxy) is 3. The molecule has 0 spiro atoms. The number of halogens is 1. The van der Waals surface area contributed by atoms with Crippen molar-refractivity contribution in [2.24, 2.45) is 5.10 Å². The third kappa shape index (κ3) is 5.33. The molecule has 0 unspecified atom stereocenters. The molecule has 0 atom stereocenters. The normalized spacial score (nSPS) is 10.7. The molecule has 0 aliphatic heterocycles. The van der Waals surface area contributed by atoms with E-state index in [2.05, 4.69) is 15.5 Å². The van der Waals surface area contributed by atoms with Crippen molar-refractivity contribution in [3.63, 3.8) is 0 Å². The summed E-state index contributed by atoms with van der Waals surface area (Å²) in [7, 11) is 3.09. The van der Waals surface area contributed by atoms with Crippen molar-refractivity contribution in [2.45, 2.75) is 13.3 Å². The number of methoxy groups -OCH3 is 2. The van der Waals surface area contributed by atoms with Crippen LogP contribution >= 0.6 is 22.9 Å². The zero-order valence-electron chi connectivity index (χ0n) is 14.0. The molecule has 0 radical (unpaired) electrons. The first kappa shape index (κ1) is 19.0. The van der Waals surface area contributed by atoms with E-state index in [1.165, 1.54) is 11.3 Å². The summed E-state index contributed by atoms with van der Waals surface area (Å²) in [6.45, 7) is 2.12. The Balaban J connectivity index is 2.02. The van der Waals surface area contributed by atoms with E-state index in [0.717, 1.165) is 0 Å². The maximum atomic E-state index is 11.4. The van der Waals surface area contributed by atoms with Gasteiger partial charge in [0.05, 0.1) is 44.2 Å². The number of hydrogen-bond acceptors (Lipinski definition) is 8. The van der Waals surface area contributed by atoms with E-state index < -0.39 is 0 Å². The van der Waals surface area contributed by atoms with Crippen LogP contribution in [0.25, 0.3) is 0 Å². The van der Waals surface area contributed by atoms with Gasteiger partial charge in [-0.15, -0.1) is 11.3 Å². The Morgan fingerprint density at radius 3 is 2.76 bits per heavy atom. The highest BCUT2D eigenvalue weighted by Gasteiger charge is 2.09. The molecule has 0 aliphatic carbocycles. The summed E-state index contributed by atoms with van der Waals surface area (Å²) in [5.74, 6) is 0.792. The van der Waals surface area contributed by atoms with E-state index in [9.17, 15) is 4.79 Å². The molecule has 0 fully saturated rings. The Kier molecular flexibility index (Phi) is 7.03. The molecule has 0 saturated carbocycles. The molecule has 0 bridgehead atoms. The molecule has 2 aromatic rings. The predicted molar refractivity (Wildman–Crippen MR) is 98.2 cm³/mol. The van der Waals surface area contributed by atoms with Gasteiger partial charge in [0.15, 0.2) is 11.5 Å². The lowest BCUT2D eigenvalue weighted by molar-refractivity contribution is -0.142. The number of benzene rings is 1. The fraction of sp³-hybridized carbons (Fsp3) is 0.312. The number of esters is 1. The molecular formula is C16H18ClN3O4S. The molecule has 1 aromatic carbocycles. The molecule has 134 valence electrons. The van der Waals surface area contributed by atoms with Gasteiger partial charge in [0, 0.05) is 17.0 Å². The summed E-state index contributed by atoms with van der Waals surface area (Å²) < 4.78 is 15.3. The van der Waals surface area contributed by atoms with Crippen molar-refractivity contribution in [3.05, 3.63) is 33.8 Å². The van der Waals surface area contributed by atoms with Crippen LogP contribution in [0.4, 0.5) is 5.13 Å². The second-order valence-electron chi connectivity index (χ2n) is 4.72. The summed E-state index contributed by atoms with van der Waals surface area (Å²) in [6.07, 6.45) is 1.69. The number of hydrazone groups is 1. The van der Waals surface area contributed by atoms with Crippen LogP contribution in [-0.4, -0.2) is 38.0 Å². The highest BCUT2D eigenvalue weighted by atomic mass is 35.5. The van der Waals surface area contributed by atoms with E-state index in [1.807, 2.05) is 0 Å². The zero-order chi connectivity index (χ0) is 18.2. The molecule has 1 aromatic heterocycles. The standard InChI is InChI=1S/C16H18ClN3O4S/c1-4-24-15(21)6-11-9-25-16(19-11)20-18-8-10-5-13(22-2)14(23-3)7-12(10)17/h5,7-9H,4,6H2,1-3H3,(H,19,20). The van der Waals surface area contributed by atoms with E-state index in [-0.39, 0.29) is 12.4 Å². The van der Waals surface area contributed by atoms with E-state index >= 15 is 0 Å². The number of rotatable bonds is 8. The Bertz CT molecular complexity index is 764. The SMILES string of the molecule is CCOC(=O)Cc1csc(NN=Cc2cc(OC)c(OC)cc2Cl)n1. The van der Waals surface area contributed by atoms with Crippen molar-refractivity contribution in [2.75, 3.05) is 26.3 Å². The second kappa shape index (κ2) is 9.24. The van der Waals surface area contributed by atoms with Gasteiger partial charge in [0.2, 0.25) is 5.13 Å². The fourth-order valence-corrected chi connectivity index (χ4v) is 2.79. The maximum Gasteiger partial charge on any atom is 0.311 e. The molecule has 25 heavy (non-hydrogen) atoms. The predicted octanol–water partition coefficient (Wildman–Crippen LogP) is 3.37. The monoisotopic (exact) mass is 383 g/mol. The number of carbonyl (C=O) groups is 1. The van der Waals surface area contributed by atoms with Gasteiger partial charge in [-0.25, -0.2) is 4.98 Å². The first-order chi connectivity index (χ1) is 12.1. The minimum absolute atomic E-state index is 0.136. The van der Waals surface area contributed by atoms with Crippen molar-refractivity contribution in [3.8, 4) is 11.5 Å². The first-order valence-corrected chi connectivity index (χ1v) is 8.63. The number of nitrogens with one attached hydrogen (secondary N) is 1. The van der Waals surface area contributed by atoms with Crippen LogP contribution in [0.2, 0.25) is 5.02 Å². The number of anilines is 1. The van der Waals surface area contributed by atoms with Crippen LogP contribution in [0, 0.1) is 0 Å². The lowest BCUT2D eigenvalue weighted by Gasteiger charge is -2.09. The molecule has 1 N–H and O–H groups in total. The minimum Gasteiger partial charge on any atom is -0.493 e. The van der Waals surface area contributed by atoms with Gasteiger partial charge in [0.25, 0.3) is 0 Å².